The van der Waals surface area contributed by atoms with Crippen molar-refractivity contribution in [1.29, 1.82) is 0 Å². The highest BCUT2D eigenvalue weighted by molar-refractivity contribution is 8.01. The number of benzene rings is 1. The summed E-state index contributed by atoms with van der Waals surface area (Å²) in [5.41, 5.74) is 6.35. The number of carboxylic acids is 1. The summed E-state index contributed by atoms with van der Waals surface area (Å²) in [7, 11) is 0. The first-order valence-electron chi connectivity index (χ1n) is 13.4. The van der Waals surface area contributed by atoms with Gasteiger partial charge in [0.25, 0.3) is 17.7 Å². The van der Waals surface area contributed by atoms with Crippen LogP contribution < -0.4 is 16.5 Å². The molecule has 17 nitrogen and oxygen atoms in total. The highest BCUT2D eigenvalue weighted by atomic mass is 32.2. The Hall–Kier alpha value is -4.92. The van der Waals surface area contributed by atoms with Gasteiger partial charge in [-0.2, -0.15) is 0 Å². The Morgan fingerprint density at radius 1 is 1.26 bits per heavy atom. The van der Waals surface area contributed by atoms with E-state index in [1.165, 1.54) is 72.9 Å². The highest BCUT2D eigenvalue weighted by Gasteiger charge is 2.54. The summed E-state index contributed by atoms with van der Waals surface area (Å²) >= 11 is 3.46. The van der Waals surface area contributed by atoms with Gasteiger partial charge in [0.2, 0.25) is 5.60 Å². The molecule has 4 heterocycles. The lowest BCUT2D eigenvalue weighted by Gasteiger charge is -2.49. The molecule has 2 aliphatic heterocycles. The minimum atomic E-state index is -1.70. The Kier molecular flexibility index (Phi) is 9.56. The lowest BCUT2D eigenvalue weighted by molar-refractivity contribution is -0.152. The lowest BCUT2D eigenvalue weighted by atomic mass is 10.0. The standard InChI is InChI=1S/C27H26N8O9S3/c1-27(2,25(42)33-43)44-34-17(14-9-47-26(28)31-14)20(38)32-18-22(39)35-19(24(40)41)12(8-46-23(18)35)7-45-21-13(6-29-10-30-21)11-3-4-15(36)16(37)5-11/h3-6,9-10,18,23,36-37,43H,7-8H2,1-2H3,(H2,28,31)(H,32,38)(H,33,42)(H,40,41)/t18-,23-/m1/s1. The first-order valence-corrected chi connectivity index (χ1v) is 16.3. The predicted molar refractivity (Wildman–Crippen MR) is 169 cm³/mol. The average Bonchev–Trinajstić information content (AvgIpc) is 3.48. The number of nitrogens with two attached hydrogens (primary N) is 1. The van der Waals surface area contributed by atoms with Crippen molar-refractivity contribution >= 4 is 69.4 Å². The third kappa shape index (κ3) is 6.80. The molecule has 0 unspecified atom stereocenters. The third-order valence-electron chi connectivity index (χ3n) is 6.87. The number of thiazole rings is 1. The summed E-state index contributed by atoms with van der Waals surface area (Å²) in [5, 5.41) is 46.3. The van der Waals surface area contributed by atoms with Gasteiger partial charge in [-0.1, -0.05) is 11.2 Å². The van der Waals surface area contributed by atoms with Crippen LogP contribution in [0.4, 0.5) is 5.13 Å². The van der Waals surface area contributed by atoms with E-state index in [-0.39, 0.29) is 39.5 Å². The molecule has 20 heteroatoms. The fourth-order valence-corrected chi connectivity index (χ4v) is 7.44. The van der Waals surface area contributed by atoms with Crippen LogP contribution in [-0.2, 0) is 24.0 Å². The van der Waals surface area contributed by atoms with Crippen LogP contribution in [0.15, 0.2) is 57.6 Å². The predicted octanol–water partition coefficient (Wildman–Crippen LogP) is 1.13. The van der Waals surface area contributed by atoms with Gasteiger partial charge in [0.15, 0.2) is 22.3 Å². The third-order valence-corrected chi connectivity index (χ3v) is 9.98. The number of nitrogens with zero attached hydrogens (tertiary/aromatic N) is 5. The molecule has 0 saturated carbocycles. The monoisotopic (exact) mass is 702 g/mol. The molecule has 1 fully saturated rings. The van der Waals surface area contributed by atoms with E-state index in [4.69, 9.17) is 15.8 Å². The number of carbonyl (C=O) groups is 4. The van der Waals surface area contributed by atoms with E-state index < -0.39 is 46.4 Å². The Bertz CT molecular complexity index is 1830. The average molecular weight is 703 g/mol. The van der Waals surface area contributed by atoms with Crippen LogP contribution in [0.5, 0.6) is 11.5 Å². The molecule has 0 aliphatic carbocycles. The smallest absolute Gasteiger partial charge is 0.352 e. The molecular formula is C27H26N8O9S3. The molecule has 3 amide bonds. The molecular weight excluding hydrogens is 677 g/mol. The number of aliphatic carboxylic acids is 1. The number of β-lactam (4-membered cyclic amide) rings is 1. The Balaban J connectivity index is 1.34. The zero-order valence-corrected chi connectivity index (χ0v) is 26.9. The van der Waals surface area contributed by atoms with Gasteiger partial charge in [0.05, 0.1) is 0 Å². The Labute approximate surface area is 277 Å². The van der Waals surface area contributed by atoms with E-state index >= 15 is 0 Å². The number of nitrogens with one attached hydrogen (secondary N) is 2. The number of phenols is 2. The van der Waals surface area contributed by atoms with Gasteiger partial charge >= 0.3 is 5.97 Å². The number of nitrogen functional groups attached to an aromatic ring is 1. The van der Waals surface area contributed by atoms with Crippen molar-refractivity contribution in [3.63, 3.8) is 0 Å². The summed E-state index contributed by atoms with van der Waals surface area (Å²) in [6.07, 6.45) is 2.85. The van der Waals surface area contributed by atoms with Gasteiger partial charge < -0.3 is 31.2 Å². The number of aromatic nitrogens is 3. The van der Waals surface area contributed by atoms with E-state index in [9.17, 15) is 34.5 Å². The summed E-state index contributed by atoms with van der Waals surface area (Å²) in [6.45, 7) is 2.58. The molecule has 3 aromatic rings. The number of oxime groups is 1. The largest absolute Gasteiger partial charge is 0.504 e. The number of hydroxylamine groups is 1. The number of phenolic OH excluding ortho intramolecular Hbond substituents is 2. The molecule has 0 radical (unpaired) electrons. The maximum atomic E-state index is 13.4. The van der Waals surface area contributed by atoms with Crippen molar-refractivity contribution in [3.05, 3.63) is 53.1 Å². The molecule has 2 aromatic heterocycles. The number of amides is 3. The minimum Gasteiger partial charge on any atom is -0.504 e. The van der Waals surface area contributed by atoms with Gasteiger partial charge in [-0.15, -0.1) is 34.9 Å². The number of carboxylic acid groups (broad SMARTS) is 1. The molecule has 2 atom stereocenters. The van der Waals surface area contributed by atoms with Gasteiger partial charge in [-0.3, -0.25) is 24.5 Å². The summed E-state index contributed by atoms with van der Waals surface area (Å²) in [4.78, 5) is 69.7. The van der Waals surface area contributed by atoms with Gasteiger partial charge in [-0.25, -0.2) is 25.2 Å². The molecule has 47 heavy (non-hydrogen) atoms. The minimum absolute atomic E-state index is 0.00201. The zero-order valence-electron chi connectivity index (χ0n) is 24.4. The van der Waals surface area contributed by atoms with Crippen LogP contribution in [0.3, 0.4) is 0 Å². The number of hydrogen-bond acceptors (Lipinski definition) is 16. The lowest BCUT2D eigenvalue weighted by Crippen LogP contribution is -2.71. The van der Waals surface area contributed by atoms with Crippen LogP contribution in [0.2, 0.25) is 0 Å². The maximum absolute atomic E-state index is 13.4. The fraction of sp³-hybridized carbons (Fsp3) is 0.259. The van der Waals surface area contributed by atoms with Crippen LogP contribution in [0.1, 0.15) is 19.5 Å². The molecule has 1 saturated heterocycles. The number of fused-ring (bicyclic) bond motifs is 1. The second-order valence-corrected chi connectivity index (χ2v) is 13.4. The van der Waals surface area contributed by atoms with Gasteiger partial charge in [-0.05, 0) is 37.1 Å². The van der Waals surface area contributed by atoms with Crippen molar-refractivity contribution in [1.82, 2.24) is 30.6 Å². The van der Waals surface area contributed by atoms with E-state index in [2.05, 4.69) is 25.4 Å². The molecule has 246 valence electrons. The van der Waals surface area contributed by atoms with Crippen LogP contribution in [0, 0.1) is 0 Å². The topological polar surface area (TPSA) is 263 Å². The second kappa shape index (κ2) is 13.4. The zero-order chi connectivity index (χ0) is 34.0. The summed E-state index contributed by atoms with van der Waals surface area (Å²) in [6, 6.07) is 3.13. The molecule has 1 aromatic carbocycles. The number of thioether (sulfide) groups is 2. The van der Waals surface area contributed by atoms with E-state index in [0.29, 0.717) is 21.7 Å². The van der Waals surface area contributed by atoms with Crippen molar-refractivity contribution in [2.24, 2.45) is 5.16 Å². The molecule has 5 rings (SSSR count). The number of anilines is 1. The molecule has 0 spiro atoms. The van der Waals surface area contributed by atoms with Crippen molar-refractivity contribution in [2.45, 2.75) is 35.9 Å². The number of rotatable bonds is 11. The first-order chi connectivity index (χ1) is 22.3. The molecule has 2 aliphatic rings. The van der Waals surface area contributed by atoms with Crippen LogP contribution in [-0.4, -0.2) is 98.3 Å². The van der Waals surface area contributed by atoms with Crippen molar-refractivity contribution in [2.75, 3.05) is 17.2 Å². The first kappa shape index (κ1) is 33.4. The van der Waals surface area contributed by atoms with Crippen molar-refractivity contribution in [3.8, 4) is 22.6 Å². The SMILES string of the molecule is CC(C)(ON=C(C(=O)N[C@@H]1C(=O)N2C(C(=O)O)=C(CSc3ncncc3-c3ccc(O)c(O)c3)CS[C@H]12)c1csc(N)n1)C(=O)NO. The van der Waals surface area contributed by atoms with E-state index in [0.717, 1.165) is 16.2 Å². The maximum Gasteiger partial charge on any atom is 0.352 e. The summed E-state index contributed by atoms with van der Waals surface area (Å²) < 4.78 is 0. The van der Waals surface area contributed by atoms with E-state index in [1.54, 1.807) is 6.07 Å². The highest BCUT2D eigenvalue weighted by Crippen LogP contribution is 2.42. The Morgan fingerprint density at radius 2 is 2.02 bits per heavy atom. The molecule has 0 bridgehead atoms. The van der Waals surface area contributed by atoms with E-state index in [1.807, 2.05) is 0 Å². The van der Waals surface area contributed by atoms with Crippen molar-refractivity contribution < 1.29 is 44.5 Å². The normalized spacial score (nSPS) is 17.9. The van der Waals surface area contributed by atoms with Gasteiger partial charge in [0.1, 0.15) is 34.2 Å². The van der Waals surface area contributed by atoms with Crippen LogP contribution >= 0.6 is 34.9 Å². The second-order valence-electron chi connectivity index (χ2n) is 10.4. The number of carbonyl (C=O) groups excluding carboxylic acids is 3. The Morgan fingerprint density at radius 3 is 2.68 bits per heavy atom. The van der Waals surface area contributed by atoms with Crippen LogP contribution in [0.25, 0.3) is 11.1 Å². The number of hydrogen-bond donors (Lipinski definition) is 7. The van der Waals surface area contributed by atoms with Gasteiger partial charge in [0, 0.05) is 28.6 Å². The number of aromatic hydroxyl groups is 2. The summed E-state index contributed by atoms with van der Waals surface area (Å²) in [5.74, 6) is -4.10. The molecule has 8 N–H and O–H groups in total. The fourth-order valence-electron chi connectivity index (χ4n) is 4.42. The quantitative estimate of drug-likeness (QED) is 0.0281.